The third-order valence-corrected chi connectivity index (χ3v) is 4.01. The van der Waals surface area contributed by atoms with E-state index in [1.54, 1.807) is 12.4 Å². The molecule has 0 saturated carbocycles. The fraction of sp³-hybridized carbons (Fsp3) is 0.0476. The van der Waals surface area contributed by atoms with Crippen LogP contribution in [-0.2, 0) is 0 Å². The molecule has 0 fully saturated rings. The molecule has 0 radical (unpaired) electrons. The Morgan fingerprint density at radius 3 is 1.42 bits per heavy atom. The van der Waals surface area contributed by atoms with Crippen molar-refractivity contribution in [2.75, 3.05) is 11.9 Å². The van der Waals surface area contributed by atoms with Crippen LogP contribution in [0.25, 0.3) is 22.8 Å². The number of hydrogen-bond donors (Lipinski definition) is 0. The van der Waals surface area contributed by atoms with Crippen LogP contribution in [-0.4, -0.2) is 27.0 Å². The number of hydrogen-bond acceptors (Lipinski definition) is 5. The Hall–Kier alpha value is -3.60. The van der Waals surface area contributed by atoms with Gasteiger partial charge in [0, 0.05) is 19.4 Å². The monoisotopic (exact) mass is 339 g/mol. The van der Waals surface area contributed by atoms with Gasteiger partial charge in [-0.05, 0) is 48.5 Å². The van der Waals surface area contributed by atoms with Crippen LogP contribution < -0.4 is 4.90 Å². The Bertz CT molecular complexity index is 920. The summed E-state index contributed by atoms with van der Waals surface area (Å²) in [5.41, 5.74) is 3.35. The molecule has 0 aromatic carbocycles. The fourth-order valence-electron chi connectivity index (χ4n) is 2.65. The van der Waals surface area contributed by atoms with E-state index in [9.17, 15) is 0 Å². The summed E-state index contributed by atoms with van der Waals surface area (Å²) in [6.07, 6.45) is 3.54. The highest BCUT2D eigenvalue weighted by molar-refractivity contribution is 5.64. The second kappa shape index (κ2) is 7.11. The van der Waals surface area contributed by atoms with Crippen LogP contribution in [0, 0.1) is 0 Å². The lowest BCUT2D eigenvalue weighted by molar-refractivity contribution is 1.07. The van der Waals surface area contributed by atoms with Gasteiger partial charge in [-0.2, -0.15) is 0 Å². The lowest BCUT2D eigenvalue weighted by atomic mass is 10.2. The molecule has 4 rings (SSSR count). The van der Waals surface area contributed by atoms with Crippen molar-refractivity contribution in [3.8, 4) is 22.8 Å². The minimum absolute atomic E-state index is 0.804. The van der Waals surface area contributed by atoms with Crippen LogP contribution in [0.5, 0.6) is 0 Å². The van der Waals surface area contributed by atoms with Crippen LogP contribution in [0.4, 0.5) is 11.6 Å². The molecular formula is C21H17N5. The van der Waals surface area contributed by atoms with Crippen molar-refractivity contribution in [3.05, 3.63) is 85.2 Å². The van der Waals surface area contributed by atoms with Crippen LogP contribution in [0.2, 0.25) is 0 Å². The van der Waals surface area contributed by atoms with Crippen molar-refractivity contribution < 1.29 is 0 Å². The smallest absolute Gasteiger partial charge is 0.134 e. The number of pyridine rings is 4. The Balaban J connectivity index is 1.67. The minimum Gasteiger partial charge on any atom is -0.314 e. The molecule has 5 heteroatoms. The van der Waals surface area contributed by atoms with E-state index in [2.05, 4.69) is 9.97 Å². The third kappa shape index (κ3) is 3.28. The van der Waals surface area contributed by atoms with Gasteiger partial charge in [-0.15, -0.1) is 0 Å². The maximum Gasteiger partial charge on any atom is 0.134 e. The molecule has 0 unspecified atom stereocenters. The van der Waals surface area contributed by atoms with Crippen molar-refractivity contribution in [1.29, 1.82) is 0 Å². The summed E-state index contributed by atoms with van der Waals surface area (Å²) in [5, 5.41) is 0. The SMILES string of the molecule is CN(c1cccc(-c2ccccn2)n1)c1cccc(-c2ccccn2)n1. The lowest BCUT2D eigenvalue weighted by Crippen LogP contribution is -2.13. The van der Waals surface area contributed by atoms with Crippen molar-refractivity contribution in [3.63, 3.8) is 0 Å². The van der Waals surface area contributed by atoms with E-state index >= 15 is 0 Å². The predicted octanol–water partition coefficient (Wildman–Crippen LogP) is 4.37. The molecule has 0 atom stereocenters. The summed E-state index contributed by atoms with van der Waals surface area (Å²) in [5.74, 6) is 1.61. The molecule has 0 spiro atoms. The van der Waals surface area contributed by atoms with Crippen LogP contribution in [0.15, 0.2) is 85.2 Å². The molecule has 4 aromatic heterocycles. The molecule has 0 aliphatic heterocycles. The van der Waals surface area contributed by atoms with Gasteiger partial charge in [0.25, 0.3) is 0 Å². The normalized spacial score (nSPS) is 10.5. The number of aromatic nitrogens is 4. The first-order chi connectivity index (χ1) is 12.8. The summed E-state index contributed by atoms with van der Waals surface area (Å²) in [7, 11) is 1.95. The zero-order valence-corrected chi connectivity index (χ0v) is 14.3. The lowest BCUT2D eigenvalue weighted by Gasteiger charge is -2.18. The number of nitrogens with zero attached hydrogens (tertiary/aromatic N) is 5. The Labute approximate surface area is 152 Å². The molecule has 0 amide bonds. The van der Waals surface area contributed by atoms with Crippen molar-refractivity contribution in [2.45, 2.75) is 0 Å². The van der Waals surface area contributed by atoms with Crippen LogP contribution >= 0.6 is 0 Å². The second-order valence-corrected chi connectivity index (χ2v) is 5.75. The standard InChI is InChI=1S/C21H17N5/c1-26(20-12-6-10-18(24-20)16-8-2-4-14-22-16)21-13-7-11-19(25-21)17-9-3-5-15-23-17/h2-15H,1H3. The molecule has 26 heavy (non-hydrogen) atoms. The van der Waals surface area contributed by atoms with Crippen molar-refractivity contribution in [2.24, 2.45) is 0 Å². The highest BCUT2D eigenvalue weighted by atomic mass is 15.2. The zero-order valence-electron chi connectivity index (χ0n) is 14.3. The van der Waals surface area contributed by atoms with E-state index in [0.29, 0.717) is 0 Å². The van der Waals surface area contributed by atoms with Gasteiger partial charge < -0.3 is 4.90 Å². The fourth-order valence-corrected chi connectivity index (χ4v) is 2.65. The third-order valence-electron chi connectivity index (χ3n) is 4.01. The van der Waals surface area contributed by atoms with E-state index < -0.39 is 0 Å². The molecule has 126 valence electrons. The molecule has 0 N–H and O–H groups in total. The summed E-state index contributed by atoms with van der Waals surface area (Å²) in [6, 6.07) is 23.4. The van der Waals surface area contributed by atoms with Gasteiger partial charge >= 0.3 is 0 Å². The Morgan fingerprint density at radius 1 is 0.538 bits per heavy atom. The van der Waals surface area contributed by atoms with E-state index in [4.69, 9.17) is 9.97 Å². The van der Waals surface area contributed by atoms with Gasteiger partial charge in [0.1, 0.15) is 11.6 Å². The highest BCUT2D eigenvalue weighted by Crippen LogP contribution is 2.25. The summed E-state index contributed by atoms with van der Waals surface area (Å²) < 4.78 is 0. The van der Waals surface area contributed by atoms with Gasteiger partial charge in [0.2, 0.25) is 0 Å². The Kier molecular flexibility index (Phi) is 4.35. The average Bonchev–Trinajstić information content (AvgIpc) is 2.75. The molecule has 0 saturated heterocycles. The highest BCUT2D eigenvalue weighted by Gasteiger charge is 2.10. The van der Waals surface area contributed by atoms with Gasteiger partial charge in [0.05, 0.1) is 22.8 Å². The average molecular weight is 339 g/mol. The molecule has 0 aliphatic rings. The maximum absolute atomic E-state index is 4.73. The summed E-state index contributed by atoms with van der Waals surface area (Å²) in [6.45, 7) is 0. The summed E-state index contributed by atoms with van der Waals surface area (Å²) in [4.78, 5) is 20.2. The number of rotatable bonds is 4. The minimum atomic E-state index is 0.804. The molecule has 4 heterocycles. The van der Waals surface area contributed by atoms with Crippen molar-refractivity contribution in [1.82, 2.24) is 19.9 Å². The molecular weight excluding hydrogens is 322 g/mol. The van der Waals surface area contributed by atoms with Gasteiger partial charge in [-0.25, -0.2) is 9.97 Å². The largest absolute Gasteiger partial charge is 0.314 e. The molecule has 0 aliphatic carbocycles. The zero-order chi connectivity index (χ0) is 17.8. The molecule has 0 bridgehead atoms. The van der Waals surface area contributed by atoms with Gasteiger partial charge in [0.15, 0.2) is 0 Å². The first kappa shape index (κ1) is 15.9. The van der Waals surface area contributed by atoms with E-state index in [-0.39, 0.29) is 0 Å². The first-order valence-electron chi connectivity index (χ1n) is 8.32. The summed E-state index contributed by atoms with van der Waals surface area (Å²) >= 11 is 0. The van der Waals surface area contributed by atoms with Crippen molar-refractivity contribution >= 4 is 11.6 Å². The second-order valence-electron chi connectivity index (χ2n) is 5.75. The first-order valence-corrected chi connectivity index (χ1v) is 8.32. The van der Waals surface area contributed by atoms with Gasteiger partial charge in [-0.3, -0.25) is 9.97 Å². The van der Waals surface area contributed by atoms with E-state index in [1.165, 1.54) is 0 Å². The van der Waals surface area contributed by atoms with E-state index in [1.807, 2.05) is 84.7 Å². The molecule has 5 nitrogen and oxygen atoms in total. The topological polar surface area (TPSA) is 54.8 Å². The van der Waals surface area contributed by atoms with Crippen LogP contribution in [0.3, 0.4) is 0 Å². The molecule has 4 aromatic rings. The quantitative estimate of drug-likeness (QED) is 0.553. The van der Waals surface area contributed by atoms with Gasteiger partial charge in [-0.1, -0.05) is 24.3 Å². The van der Waals surface area contributed by atoms with E-state index in [0.717, 1.165) is 34.4 Å². The van der Waals surface area contributed by atoms with Crippen LogP contribution in [0.1, 0.15) is 0 Å². The maximum atomic E-state index is 4.73. The Morgan fingerprint density at radius 2 is 1.00 bits per heavy atom. The predicted molar refractivity (Wildman–Crippen MR) is 103 cm³/mol. The number of anilines is 2.